The third-order valence-electron chi connectivity index (χ3n) is 0. The monoisotopic (exact) mass is 266 g/mol. The third-order valence-corrected chi connectivity index (χ3v) is 0. The van der Waals surface area contributed by atoms with Crippen LogP contribution < -0.4 is 0 Å². The smallest absolute Gasteiger partial charge is 0.0587 e. The summed E-state index contributed by atoms with van der Waals surface area (Å²) in [4.78, 5) is 0. The maximum Gasteiger partial charge on any atom is 0.0587 e. The predicted molar refractivity (Wildman–Crippen MR) is 22.6 cm³/mol. The normalized spacial score (nSPS) is 2.29. The van der Waals surface area contributed by atoms with Gasteiger partial charge in [-0.1, -0.05) is 0 Å². The minimum Gasteiger partial charge on any atom is -0.199 e. The van der Waals surface area contributed by atoms with Gasteiger partial charge in [0, 0.05) is 34.9 Å². The molecule has 0 bridgehead atoms. The predicted octanol–water partition coefficient (Wildman–Crippen LogP) is 1.06. The van der Waals surface area contributed by atoms with Gasteiger partial charge in [-0.25, -0.2) is 0 Å². The zero-order valence-electron chi connectivity index (χ0n) is 4.30. The van der Waals surface area contributed by atoms with Crippen molar-refractivity contribution in [2.45, 2.75) is 13.8 Å². The Labute approximate surface area is 58.0 Å². The number of rotatable bonds is 0. The maximum atomic E-state index is 7.32. The van der Waals surface area contributed by atoms with E-state index in [0.717, 1.165) is 0 Å². The van der Waals surface area contributed by atoms with E-state index in [4.69, 9.17) is 10.5 Å². The molecule has 0 fully saturated rings. The molecular weight excluding hydrogens is 260 g/mol. The molecule has 0 heterocycles. The molecule has 0 spiro atoms. The summed E-state index contributed by atoms with van der Waals surface area (Å²) in [5.74, 6) is 0. The van der Waals surface area contributed by atoms with Crippen LogP contribution >= 0.6 is 0 Å². The Kier molecular flexibility index (Phi) is 101. The van der Waals surface area contributed by atoms with E-state index >= 15 is 0 Å². The molecule has 0 radical (unpaired) electrons. The summed E-state index contributed by atoms with van der Waals surface area (Å²) in [6.07, 6.45) is 0. The minimum atomic E-state index is 0. The van der Waals surface area contributed by atoms with Gasteiger partial charge < -0.3 is 0 Å². The molecule has 0 unspecified atom stereocenters. The molecule has 0 atom stereocenters. The van der Waals surface area contributed by atoms with Crippen LogP contribution in [0, 0.1) is 22.7 Å². The van der Waals surface area contributed by atoms with Crippen molar-refractivity contribution in [2.24, 2.45) is 0 Å². The summed E-state index contributed by atoms with van der Waals surface area (Å²) >= 11 is 0. The van der Waals surface area contributed by atoms with Gasteiger partial charge in [-0.3, -0.25) is 0 Å². The first-order valence-corrected chi connectivity index (χ1v) is 1.45. The van der Waals surface area contributed by atoms with E-state index in [0.29, 0.717) is 0 Å². The van der Waals surface area contributed by atoms with Gasteiger partial charge in [0.05, 0.1) is 12.1 Å². The molecule has 7 heavy (non-hydrogen) atoms. The van der Waals surface area contributed by atoms with Gasteiger partial charge >= 0.3 is 0 Å². The number of hydrogen-bond donors (Lipinski definition) is 0. The molecule has 0 aromatic carbocycles. The Morgan fingerprint density at radius 1 is 1.00 bits per heavy atom. The maximum absolute atomic E-state index is 7.32. The molecule has 0 aromatic rings. The molecular formula is C4H6N2W. The van der Waals surface area contributed by atoms with Crippen molar-refractivity contribution in [1.82, 2.24) is 0 Å². The SMILES string of the molecule is CC#N.CC#N.[W]. The van der Waals surface area contributed by atoms with Gasteiger partial charge in [0.25, 0.3) is 0 Å². The van der Waals surface area contributed by atoms with Gasteiger partial charge in [-0.2, -0.15) is 10.5 Å². The Balaban J connectivity index is -0.0000000400. The summed E-state index contributed by atoms with van der Waals surface area (Å²) in [5.41, 5.74) is 0. The minimum absolute atomic E-state index is 0. The largest absolute Gasteiger partial charge is 0.199 e. The summed E-state index contributed by atoms with van der Waals surface area (Å²) in [7, 11) is 0. The van der Waals surface area contributed by atoms with Crippen molar-refractivity contribution in [2.75, 3.05) is 0 Å². The molecule has 0 aliphatic heterocycles. The number of nitriles is 2. The van der Waals surface area contributed by atoms with Crippen LogP contribution in [0.5, 0.6) is 0 Å². The molecule has 0 aliphatic rings. The van der Waals surface area contributed by atoms with Crippen molar-refractivity contribution in [3.05, 3.63) is 0 Å². The molecule has 0 rings (SSSR count). The standard InChI is InChI=1S/2C2H3N.W/c2*1-2-3;/h2*1H3;. The van der Waals surface area contributed by atoms with Gasteiger partial charge in [0.2, 0.25) is 0 Å². The van der Waals surface area contributed by atoms with Gasteiger partial charge in [-0.15, -0.1) is 0 Å². The van der Waals surface area contributed by atoms with Crippen molar-refractivity contribution in [3.8, 4) is 12.1 Å². The molecule has 0 saturated carbocycles. The van der Waals surface area contributed by atoms with Gasteiger partial charge in [0.15, 0.2) is 0 Å². The average molecular weight is 266 g/mol. The number of hydrogen-bond acceptors (Lipinski definition) is 2. The zero-order chi connectivity index (χ0) is 5.41. The Morgan fingerprint density at radius 3 is 1.00 bits per heavy atom. The van der Waals surface area contributed by atoms with E-state index in [1.165, 1.54) is 13.8 Å². The van der Waals surface area contributed by atoms with Gasteiger partial charge in [0.1, 0.15) is 0 Å². The van der Waals surface area contributed by atoms with E-state index in [-0.39, 0.29) is 21.1 Å². The van der Waals surface area contributed by atoms with Crippen LogP contribution in [0.3, 0.4) is 0 Å². The fourth-order valence-corrected chi connectivity index (χ4v) is 0. The Morgan fingerprint density at radius 2 is 1.00 bits per heavy atom. The first-order chi connectivity index (χ1) is 2.83. The zero-order valence-corrected chi connectivity index (χ0v) is 7.24. The molecule has 0 aliphatic carbocycles. The summed E-state index contributed by atoms with van der Waals surface area (Å²) in [6, 6.07) is 3.50. The van der Waals surface area contributed by atoms with E-state index in [2.05, 4.69) is 0 Å². The average Bonchev–Trinajstić information content (AvgIpc) is 1.39. The second-order valence-electron chi connectivity index (χ2n) is 0.447. The second-order valence-corrected chi connectivity index (χ2v) is 0.447. The third kappa shape index (κ3) is 693. The number of nitrogens with zero attached hydrogens (tertiary/aromatic N) is 2. The first-order valence-electron chi connectivity index (χ1n) is 1.45. The molecule has 0 amide bonds. The van der Waals surface area contributed by atoms with E-state index in [9.17, 15) is 0 Å². The molecule has 0 saturated heterocycles. The van der Waals surface area contributed by atoms with E-state index < -0.39 is 0 Å². The van der Waals surface area contributed by atoms with Crippen LogP contribution in [0.25, 0.3) is 0 Å². The summed E-state index contributed by atoms with van der Waals surface area (Å²) in [6.45, 7) is 2.86. The van der Waals surface area contributed by atoms with Crippen molar-refractivity contribution >= 4 is 0 Å². The first kappa shape index (κ1) is 15.9. The van der Waals surface area contributed by atoms with Crippen LogP contribution in [0.2, 0.25) is 0 Å². The van der Waals surface area contributed by atoms with Crippen molar-refractivity contribution < 1.29 is 21.1 Å². The van der Waals surface area contributed by atoms with E-state index in [1.807, 2.05) is 0 Å². The Bertz CT molecular complexity index is 64.7. The fourth-order valence-electron chi connectivity index (χ4n) is 0. The van der Waals surface area contributed by atoms with Crippen LogP contribution in [0.1, 0.15) is 13.8 Å². The fraction of sp³-hybridized carbons (Fsp3) is 0.500. The van der Waals surface area contributed by atoms with Crippen LogP contribution in [-0.4, -0.2) is 0 Å². The molecule has 0 aromatic heterocycles. The quantitative estimate of drug-likeness (QED) is 0.658. The summed E-state index contributed by atoms with van der Waals surface area (Å²) < 4.78 is 0. The molecule has 3 heteroatoms. The van der Waals surface area contributed by atoms with Crippen LogP contribution in [-0.2, 0) is 21.1 Å². The molecule has 0 N–H and O–H groups in total. The van der Waals surface area contributed by atoms with Crippen molar-refractivity contribution in [3.63, 3.8) is 0 Å². The molecule has 38 valence electrons. The van der Waals surface area contributed by atoms with Crippen molar-refractivity contribution in [1.29, 1.82) is 10.5 Å². The van der Waals surface area contributed by atoms with Crippen LogP contribution in [0.15, 0.2) is 0 Å². The summed E-state index contributed by atoms with van der Waals surface area (Å²) in [5, 5.41) is 14.6. The molecule has 2 nitrogen and oxygen atoms in total. The second kappa shape index (κ2) is 44.4. The van der Waals surface area contributed by atoms with E-state index in [1.54, 1.807) is 12.1 Å². The Hall–Kier alpha value is -0.332. The van der Waals surface area contributed by atoms with Gasteiger partial charge in [-0.05, 0) is 0 Å². The van der Waals surface area contributed by atoms with Crippen LogP contribution in [0.4, 0.5) is 0 Å². The topological polar surface area (TPSA) is 47.6 Å².